The summed E-state index contributed by atoms with van der Waals surface area (Å²) in [6.07, 6.45) is -3.30. The average Bonchev–Trinajstić information content (AvgIpc) is 2.66. The molecule has 4 atom stereocenters. The lowest BCUT2D eigenvalue weighted by Gasteiger charge is -2.17. The van der Waals surface area contributed by atoms with Gasteiger partial charge in [0.1, 0.15) is 24.1 Å². The first-order valence-electron chi connectivity index (χ1n) is 5.26. The van der Waals surface area contributed by atoms with E-state index in [9.17, 15) is 15.0 Å². The van der Waals surface area contributed by atoms with Crippen molar-refractivity contribution in [3.8, 4) is 0 Å². The van der Waals surface area contributed by atoms with Crippen LogP contribution >= 0.6 is 0 Å². The van der Waals surface area contributed by atoms with Gasteiger partial charge in [0.15, 0.2) is 6.23 Å². The van der Waals surface area contributed by atoms with Gasteiger partial charge in [-0.25, -0.2) is 10.6 Å². The molecule has 9 heteroatoms. The predicted molar refractivity (Wildman–Crippen MR) is 59.3 cm³/mol. The van der Waals surface area contributed by atoms with Crippen molar-refractivity contribution >= 4 is 5.82 Å². The Morgan fingerprint density at radius 2 is 2.22 bits per heavy atom. The molecule has 100 valence electrons. The van der Waals surface area contributed by atoms with Crippen molar-refractivity contribution in [3.05, 3.63) is 22.7 Å². The van der Waals surface area contributed by atoms with Gasteiger partial charge in [-0.2, -0.15) is 4.98 Å². The molecule has 0 radical (unpaired) electrons. The number of rotatable bonds is 3. The molecule has 1 aromatic rings. The topological polar surface area (TPSA) is 143 Å². The highest BCUT2D eigenvalue weighted by atomic mass is 16.6. The van der Waals surface area contributed by atoms with E-state index in [1.807, 2.05) is 0 Å². The molecule has 0 bridgehead atoms. The highest BCUT2D eigenvalue weighted by Crippen LogP contribution is 2.27. The molecular weight excluding hydrogens is 244 g/mol. The summed E-state index contributed by atoms with van der Waals surface area (Å²) in [5.41, 5.74) is 1.51. The summed E-state index contributed by atoms with van der Waals surface area (Å²) < 4.78 is 6.22. The smallest absolute Gasteiger partial charge is 0.351 e. The SMILES string of the molecule is NNc1ccn([C@@H]2O[C@H](CO)[C@H](O)C2O)c(=O)n1. The molecule has 9 nitrogen and oxygen atoms in total. The standard InChI is InChI=1S/C9H14N4O5/c10-12-5-1-2-13(9(17)11-5)8-7(16)6(15)4(3-14)18-8/h1-2,4,6-8,14-16H,3,10H2,(H,11,12,17)/t4-,6+,7?,8-/m1/s1. The van der Waals surface area contributed by atoms with Crippen molar-refractivity contribution in [1.82, 2.24) is 9.55 Å². The van der Waals surface area contributed by atoms with Gasteiger partial charge in [-0.05, 0) is 6.07 Å². The molecule has 0 aliphatic carbocycles. The van der Waals surface area contributed by atoms with Crippen molar-refractivity contribution in [1.29, 1.82) is 0 Å². The van der Waals surface area contributed by atoms with E-state index in [4.69, 9.17) is 15.7 Å². The second kappa shape index (κ2) is 5.00. The van der Waals surface area contributed by atoms with Gasteiger partial charge in [0.05, 0.1) is 6.61 Å². The largest absolute Gasteiger partial charge is 0.394 e. The Labute approximate surface area is 101 Å². The molecule has 1 aliphatic rings. The van der Waals surface area contributed by atoms with Crippen LogP contribution in [0.15, 0.2) is 17.1 Å². The number of anilines is 1. The minimum atomic E-state index is -1.32. The number of nitrogens with two attached hydrogens (primary N) is 1. The second-order valence-electron chi connectivity index (χ2n) is 3.88. The first-order chi connectivity index (χ1) is 8.58. The van der Waals surface area contributed by atoms with Crippen LogP contribution in [0.2, 0.25) is 0 Å². The van der Waals surface area contributed by atoms with Crippen LogP contribution in [-0.2, 0) is 4.74 Å². The van der Waals surface area contributed by atoms with Gasteiger partial charge < -0.3 is 25.5 Å². The molecule has 18 heavy (non-hydrogen) atoms. The normalized spacial score (nSPS) is 31.6. The molecule has 0 amide bonds. The lowest BCUT2D eigenvalue weighted by Crippen LogP contribution is -2.36. The molecule has 1 unspecified atom stereocenters. The Hall–Kier alpha value is -1.52. The summed E-state index contributed by atoms with van der Waals surface area (Å²) in [6, 6.07) is 1.41. The lowest BCUT2D eigenvalue weighted by molar-refractivity contribution is -0.0549. The fourth-order valence-corrected chi connectivity index (χ4v) is 1.80. The fourth-order valence-electron chi connectivity index (χ4n) is 1.80. The molecular formula is C9H14N4O5. The number of aliphatic hydroxyl groups is 3. The third kappa shape index (κ3) is 2.09. The highest BCUT2D eigenvalue weighted by molar-refractivity contribution is 5.29. The summed E-state index contributed by atoms with van der Waals surface area (Å²) in [4.78, 5) is 15.2. The second-order valence-corrected chi connectivity index (χ2v) is 3.88. The van der Waals surface area contributed by atoms with Crippen molar-refractivity contribution in [2.24, 2.45) is 5.84 Å². The summed E-state index contributed by atoms with van der Waals surface area (Å²) >= 11 is 0. The van der Waals surface area contributed by atoms with Crippen LogP contribution in [0.1, 0.15) is 6.23 Å². The van der Waals surface area contributed by atoms with E-state index in [0.717, 1.165) is 4.57 Å². The zero-order valence-corrected chi connectivity index (χ0v) is 9.30. The number of hydrogen-bond donors (Lipinski definition) is 5. The van der Waals surface area contributed by atoms with Crippen LogP contribution < -0.4 is 17.0 Å². The average molecular weight is 258 g/mol. The van der Waals surface area contributed by atoms with Crippen molar-refractivity contribution in [2.75, 3.05) is 12.0 Å². The maximum Gasteiger partial charge on any atom is 0.351 e. The van der Waals surface area contributed by atoms with E-state index < -0.39 is 36.8 Å². The van der Waals surface area contributed by atoms with Gasteiger partial charge in [0, 0.05) is 6.20 Å². The number of aromatic nitrogens is 2. The molecule has 6 N–H and O–H groups in total. The van der Waals surface area contributed by atoms with E-state index in [1.165, 1.54) is 12.3 Å². The number of nitrogens with zero attached hydrogens (tertiary/aromatic N) is 2. The Morgan fingerprint density at radius 3 is 2.72 bits per heavy atom. The molecule has 2 rings (SSSR count). The number of hydrazine groups is 1. The Kier molecular flexibility index (Phi) is 3.59. The van der Waals surface area contributed by atoms with Crippen molar-refractivity contribution < 1.29 is 20.1 Å². The predicted octanol–water partition coefficient (Wildman–Crippen LogP) is -2.86. The van der Waals surface area contributed by atoms with E-state index in [0.29, 0.717) is 0 Å². The monoisotopic (exact) mass is 258 g/mol. The van der Waals surface area contributed by atoms with Crippen LogP contribution in [0.3, 0.4) is 0 Å². The van der Waals surface area contributed by atoms with E-state index >= 15 is 0 Å². The Morgan fingerprint density at radius 1 is 1.50 bits per heavy atom. The number of nitrogens with one attached hydrogen (secondary N) is 1. The summed E-state index contributed by atoms with van der Waals surface area (Å²) in [5, 5.41) is 28.3. The third-order valence-electron chi connectivity index (χ3n) is 2.77. The summed E-state index contributed by atoms with van der Waals surface area (Å²) in [7, 11) is 0. The number of hydrogen-bond acceptors (Lipinski definition) is 8. The van der Waals surface area contributed by atoms with Crippen LogP contribution in [0.25, 0.3) is 0 Å². The molecule has 1 aromatic heterocycles. The fraction of sp³-hybridized carbons (Fsp3) is 0.556. The van der Waals surface area contributed by atoms with E-state index in [2.05, 4.69) is 10.4 Å². The zero-order chi connectivity index (χ0) is 13.3. The number of ether oxygens (including phenoxy) is 1. The van der Waals surface area contributed by atoms with Gasteiger partial charge in [-0.3, -0.25) is 4.57 Å². The molecule has 1 fully saturated rings. The van der Waals surface area contributed by atoms with Crippen LogP contribution in [0.5, 0.6) is 0 Å². The molecule has 0 saturated carbocycles. The van der Waals surface area contributed by atoms with Crippen LogP contribution in [0.4, 0.5) is 5.82 Å². The van der Waals surface area contributed by atoms with Gasteiger partial charge in [-0.15, -0.1) is 0 Å². The summed E-state index contributed by atoms with van der Waals surface area (Å²) in [6.45, 7) is -0.459. The lowest BCUT2D eigenvalue weighted by atomic mass is 10.1. The number of aliphatic hydroxyl groups excluding tert-OH is 3. The van der Waals surface area contributed by atoms with Gasteiger partial charge in [0.2, 0.25) is 0 Å². The third-order valence-corrected chi connectivity index (χ3v) is 2.77. The summed E-state index contributed by atoms with van der Waals surface area (Å²) in [5.74, 6) is 5.27. The minimum Gasteiger partial charge on any atom is -0.394 e. The van der Waals surface area contributed by atoms with Gasteiger partial charge >= 0.3 is 5.69 Å². The highest BCUT2D eigenvalue weighted by Gasteiger charge is 2.43. The van der Waals surface area contributed by atoms with Gasteiger partial charge in [0.25, 0.3) is 0 Å². The number of nitrogen functional groups attached to an aromatic ring is 1. The van der Waals surface area contributed by atoms with E-state index in [-0.39, 0.29) is 5.82 Å². The Bertz CT molecular complexity index is 478. The van der Waals surface area contributed by atoms with E-state index in [1.54, 1.807) is 0 Å². The molecule has 0 aromatic carbocycles. The van der Waals surface area contributed by atoms with Crippen molar-refractivity contribution in [3.63, 3.8) is 0 Å². The molecule has 1 saturated heterocycles. The molecule has 1 aliphatic heterocycles. The minimum absolute atomic E-state index is 0.169. The maximum atomic E-state index is 11.7. The van der Waals surface area contributed by atoms with Gasteiger partial charge in [-0.1, -0.05) is 0 Å². The first-order valence-corrected chi connectivity index (χ1v) is 5.26. The molecule has 0 spiro atoms. The zero-order valence-electron chi connectivity index (χ0n) is 9.30. The first kappa shape index (κ1) is 12.9. The quantitative estimate of drug-likeness (QED) is 0.288. The Balaban J connectivity index is 2.30. The van der Waals surface area contributed by atoms with Crippen LogP contribution in [-0.4, -0.2) is 49.8 Å². The van der Waals surface area contributed by atoms with Crippen LogP contribution in [0, 0.1) is 0 Å². The maximum absolute atomic E-state index is 11.7. The van der Waals surface area contributed by atoms with Crippen molar-refractivity contribution in [2.45, 2.75) is 24.5 Å². The molecule has 2 heterocycles.